The van der Waals surface area contributed by atoms with E-state index in [1.807, 2.05) is 37.5 Å². The molecule has 2 aliphatic heterocycles. The molecule has 1 aromatic rings. The number of aromatic nitrogens is 1. The summed E-state index contributed by atoms with van der Waals surface area (Å²) in [6.07, 6.45) is 8.58. The SMILES string of the molecule is CN1C[C@@H]2C3(CCN(Cc4cccnc4)CC3)CC[C@]2(C(=O)N(C)C)C1. The van der Waals surface area contributed by atoms with Crippen LogP contribution in [0.5, 0.6) is 0 Å². The van der Waals surface area contributed by atoms with E-state index in [0.717, 1.165) is 39.1 Å². The Labute approximate surface area is 157 Å². The number of pyridine rings is 1. The third kappa shape index (κ3) is 2.85. The molecule has 5 nitrogen and oxygen atoms in total. The van der Waals surface area contributed by atoms with E-state index < -0.39 is 0 Å². The topological polar surface area (TPSA) is 39.7 Å². The molecule has 1 saturated carbocycles. The van der Waals surface area contributed by atoms with Gasteiger partial charge in [0.25, 0.3) is 0 Å². The Morgan fingerprint density at radius 3 is 2.69 bits per heavy atom. The first kappa shape index (κ1) is 17.9. The van der Waals surface area contributed by atoms with Crippen molar-refractivity contribution in [3.8, 4) is 0 Å². The molecular formula is C21H32N4O. The molecule has 3 aliphatic rings. The predicted octanol–water partition coefficient (Wildman–Crippen LogP) is 2.09. The first-order valence-corrected chi connectivity index (χ1v) is 9.97. The number of piperidine rings is 1. The lowest BCUT2D eigenvalue weighted by molar-refractivity contribution is -0.141. The number of rotatable bonds is 3. The summed E-state index contributed by atoms with van der Waals surface area (Å²) in [6.45, 7) is 5.30. The van der Waals surface area contributed by atoms with E-state index >= 15 is 0 Å². The van der Waals surface area contributed by atoms with Crippen molar-refractivity contribution >= 4 is 5.91 Å². The lowest BCUT2D eigenvalue weighted by Crippen LogP contribution is -2.48. The number of hydrogen-bond acceptors (Lipinski definition) is 4. The van der Waals surface area contributed by atoms with Crippen LogP contribution >= 0.6 is 0 Å². The molecule has 5 heteroatoms. The number of hydrogen-bond donors (Lipinski definition) is 0. The minimum Gasteiger partial charge on any atom is -0.348 e. The average molecular weight is 357 g/mol. The Morgan fingerprint density at radius 1 is 1.27 bits per heavy atom. The molecule has 142 valence electrons. The van der Waals surface area contributed by atoms with Gasteiger partial charge in [0.05, 0.1) is 5.41 Å². The summed E-state index contributed by atoms with van der Waals surface area (Å²) in [5, 5.41) is 0. The molecule has 4 rings (SSSR count). The van der Waals surface area contributed by atoms with Crippen LogP contribution in [-0.4, -0.2) is 72.9 Å². The van der Waals surface area contributed by atoms with Crippen LogP contribution in [0.3, 0.4) is 0 Å². The van der Waals surface area contributed by atoms with Crippen LogP contribution in [0, 0.1) is 16.7 Å². The predicted molar refractivity (Wildman–Crippen MR) is 103 cm³/mol. The van der Waals surface area contributed by atoms with Crippen LogP contribution in [0.1, 0.15) is 31.2 Å². The van der Waals surface area contributed by atoms with Gasteiger partial charge >= 0.3 is 0 Å². The van der Waals surface area contributed by atoms with E-state index in [0.29, 0.717) is 17.2 Å². The summed E-state index contributed by atoms with van der Waals surface area (Å²) < 4.78 is 0. The zero-order chi connectivity index (χ0) is 18.4. The smallest absolute Gasteiger partial charge is 0.229 e. The molecule has 26 heavy (non-hydrogen) atoms. The second-order valence-corrected chi connectivity index (χ2v) is 9.10. The Morgan fingerprint density at radius 2 is 2.04 bits per heavy atom. The second kappa shape index (κ2) is 6.61. The van der Waals surface area contributed by atoms with E-state index in [9.17, 15) is 4.79 Å². The van der Waals surface area contributed by atoms with Crippen LogP contribution in [-0.2, 0) is 11.3 Å². The van der Waals surface area contributed by atoms with Gasteiger partial charge in [0, 0.05) is 46.1 Å². The molecule has 1 amide bonds. The Balaban J connectivity index is 1.48. The molecule has 3 fully saturated rings. The van der Waals surface area contributed by atoms with Gasteiger partial charge < -0.3 is 9.80 Å². The van der Waals surface area contributed by atoms with Gasteiger partial charge in [-0.1, -0.05) is 6.07 Å². The van der Waals surface area contributed by atoms with Crippen LogP contribution in [0.2, 0.25) is 0 Å². The van der Waals surface area contributed by atoms with Crippen LogP contribution < -0.4 is 0 Å². The van der Waals surface area contributed by atoms with Crippen molar-refractivity contribution in [2.45, 2.75) is 32.2 Å². The van der Waals surface area contributed by atoms with E-state index in [2.05, 4.69) is 27.9 Å². The molecule has 0 unspecified atom stereocenters. The van der Waals surface area contributed by atoms with E-state index in [4.69, 9.17) is 0 Å². The number of likely N-dealkylation sites (tertiary alicyclic amines) is 2. The maximum absolute atomic E-state index is 13.1. The molecule has 2 atom stereocenters. The van der Waals surface area contributed by atoms with Crippen LogP contribution in [0.4, 0.5) is 0 Å². The van der Waals surface area contributed by atoms with Crippen molar-refractivity contribution < 1.29 is 4.79 Å². The highest BCUT2D eigenvalue weighted by molar-refractivity contribution is 5.84. The van der Waals surface area contributed by atoms with Gasteiger partial charge in [0.1, 0.15) is 0 Å². The normalized spacial score (nSPS) is 31.3. The summed E-state index contributed by atoms with van der Waals surface area (Å²) in [6, 6.07) is 4.19. The highest BCUT2D eigenvalue weighted by Crippen LogP contribution is 2.62. The molecule has 0 N–H and O–H groups in total. The van der Waals surface area contributed by atoms with Gasteiger partial charge in [0.15, 0.2) is 0 Å². The van der Waals surface area contributed by atoms with Gasteiger partial charge in [0.2, 0.25) is 5.91 Å². The summed E-state index contributed by atoms with van der Waals surface area (Å²) in [7, 11) is 6.04. The standard InChI is InChI=1S/C21H32N4O/c1-23(2)19(26)21-7-6-20(18(21)15-24(3)16-21)8-11-25(12-9-20)14-17-5-4-10-22-13-17/h4-5,10,13,18H,6-9,11-12,14-16H2,1-3H3/t18-,21+/m1/s1. The number of carbonyl (C=O) groups excluding carboxylic acids is 1. The van der Waals surface area contributed by atoms with Gasteiger partial charge in [-0.25, -0.2) is 0 Å². The van der Waals surface area contributed by atoms with Crippen LogP contribution in [0.15, 0.2) is 24.5 Å². The van der Waals surface area contributed by atoms with Gasteiger partial charge in [-0.05, 0) is 68.8 Å². The quantitative estimate of drug-likeness (QED) is 0.831. The molecule has 2 saturated heterocycles. The number of nitrogens with zero attached hydrogens (tertiary/aromatic N) is 4. The van der Waals surface area contributed by atoms with Gasteiger partial charge in [-0.15, -0.1) is 0 Å². The lowest BCUT2D eigenvalue weighted by Gasteiger charge is -2.44. The Hall–Kier alpha value is -1.46. The summed E-state index contributed by atoms with van der Waals surface area (Å²) in [4.78, 5) is 24.1. The minimum atomic E-state index is -0.135. The first-order valence-electron chi connectivity index (χ1n) is 9.97. The fourth-order valence-corrected chi connectivity index (χ4v) is 6.10. The largest absolute Gasteiger partial charge is 0.348 e. The van der Waals surface area contributed by atoms with Gasteiger partial charge in [-0.3, -0.25) is 14.7 Å². The summed E-state index contributed by atoms with van der Waals surface area (Å²) in [5.74, 6) is 0.886. The third-order valence-corrected chi connectivity index (χ3v) is 7.33. The number of carbonyl (C=O) groups is 1. The van der Waals surface area contributed by atoms with E-state index in [-0.39, 0.29) is 5.41 Å². The fraction of sp³-hybridized carbons (Fsp3) is 0.714. The maximum Gasteiger partial charge on any atom is 0.229 e. The molecular weight excluding hydrogens is 324 g/mol. The second-order valence-electron chi connectivity index (χ2n) is 9.10. The van der Waals surface area contributed by atoms with E-state index in [1.54, 1.807) is 0 Å². The molecule has 0 radical (unpaired) electrons. The van der Waals surface area contributed by atoms with Crippen molar-refractivity contribution in [2.75, 3.05) is 47.3 Å². The fourth-order valence-electron chi connectivity index (χ4n) is 6.10. The molecule has 1 aliphatic carbocycles. The Kier molecular flexibility index (Phi) is 4.56. The minimum absolute atomic E-state index is 0.135. The van der Waals surface area contributed by atoms with Crippen molar-refractivity contribution in [3.05, 3.63) is 30.1 Å². The highest BCUT2D eigenvalue weighted by atomic mass is 16.2. The zero-order valence-electron chi connectivity index (χ0n) is 16.4. The average Bonchev–Trinajstić information content (AvgIpc) is 3.12. The Bertz CT molecular complexity index is 653. The van der Waals surface area contributed by atoms with E-state index in [1.165, 1.54) is 24.8 Å². The molecule has 0 aromatic carbocycles. The molecule has 3 heterocycles. The third-order valence-electron chi connectivity index (χ3n) is 7.33. The maximum atomic E-state index is 13.1. The van der Waals surface area contributed by atoms with Crippen molar-refractivity contribution in [1.82, 2.24) is 19.7 Å². The van der Waals surface area contributed by atoms with Gasteiger partial charge in [-0.2, -0.15) is 0 Å². The number of amides is 1. The number of fused-ring (bicyclic) bond motifs is 2. The van der Waals surface area contributed by atoms with Crippen molar-refractivity contribution in [3.63, 3.8) is 0 Å². The summed E-state index contributed by atoms with van der Waals surface area (Å²) >= 11 is 0. The molecule has 0 bridgehead atoms. The highest BCUT2D eigenvalue weighted by Gasteiger charge is 2.63. The molecule has 1 aromatic heterocycles. The monoisotopic (exact) mass is 356 g/mol. The van der Waals surface area contributed by atoms with Crippen LogP contribution in [0.25, 0.3) is 0 Å². The summed E-state index contributed by atoms with van der Waals surface area (Å²) in [5.41, 5.74) is 1.53. The molecule has 1 spiro atoms. The van der Waals surface area contributed by atoms with Crippen molar-refractivity contribution in [1.29, 1.82) is 0 Å². The zero-order valence-corrected chi connectivity index (χ0v) is 16.4. The first-order chi connectivity index (χ1) is 12.5. The van der Waals surface area contributed by atoms with Crippen molar-refractivity contribution in [2.24, 2.45) is 16.7 Å². The lowest BCUT2D eigenvalue weighted by atomic mass is 9.65.